The Balaban J connectivity index is 0.961. The SMILES string of the molecule is CN[C@@H](C)C(=O)NC(C(=O)N1CCC[C@H]1C(=O)NC1CCCc2ccccc21)c1ccc(C#Cc2ccc(C(NC(=O)[C@H](C)NC)C(=O)N3CCC[C@H]3C(=O)NC3CCCc4ccccc43)cc2)cc1. The van der Waals surface area contributed by atoms with Crippen LogP contribution in [-0.2, 0) is 41.6 Å². The monoisotopic (exact) mass is 947 g/mol. The summed E-state index contributed by atoms with van der Waals surface area (Å²) in [4.78, 5) is 86.5. The molecule has 0 radical (unpaired) electrons. The van der Waals surface area contributed by atoms with Crippen molar-refractivity contribution in [2.75, 3.05) is 27.2 Å². The highest BCUT2D eigenvalue weighted by atomic mass is 16.2. The Labute approximate surface area is 411 Å². The van der Waals surface area contributed by atoms with Crippen LogP contribution < -0.4 is 31.9 Å². The van der Waals surface area contributed by atoms with Crippen LogP contribution in [0.4, 0.5) is 0 Å². The second kappa shape index (κ2) is 22.7. The first-order valence-corrected chi connectivity index (χ1v) is 25.0. The van der Waals surface area contributed by atoms with Crippen molar-refractivity contribution < 1.29 is 28.8 Å². The molecular weight excluding hydrogens is 881 g/mol. The van der Waals surface area contributed by atoms with Crippen LogP contribution in [0.3, 0.4) is 0 Å². The van der Waals surface area contributed by atoms with E-state index in [2.05, 4.69) is 68.0 Å². The Hall–Kier alpha value is -6.82. The molecule has 4 aromatic carbocycles. The lowest BCUT2D eigenvalue weighted by Crippen LogP contribution is -2.52. The van der Waals surface area contributed by atoms with Crippen LogP contribution >= 0.6 is 0 Å². The molecule has 2 aliphatic carbocycles. The van der Waals surface area contributed by atoms with Crippen molar-refractivity contribution in [3.8, 4) is 11.8 Å². The van der Waals surface area contributed by atoms with E-state index in [1.165, 1.54) is 11.1 Å². The van der Waals surface area contributed by atoms with Crippen LogP contribution in [0.25, 0.3) is 0 Å². The molecule has 2 heterocycles. The molecule has 0 saturated carbocycles. The van der Waals surface area contributed by atoms with Gasteiger partial charge in [-0.2, -0.15) is 0 Å². The van der Waals surface area contributed by atoms with Gasteiger partial charge in [-0.3, -0.25) is 28.8 Å². The van der Waals surface area contributed by atoms with Crippen LogP contribution in [0.5, 0.6) is 0 Å². The zero-order valence-electron chi connectivity index (χ0n) is 40.7. The molecule has 0 bridgehead atoms. The molecule has 8 rings (SSSR count). The largest absolute Gasteiger partial charge is 0.347 e. The third kappa shape index (κ3) is 11.3. The van der Waals surface area contributed by atoms with Gasteiger partial charge in [0.2, 0.25) is 35.4 Å². The fourth-order valence-electron chi connectivity index (χ4n) is 10.3. The van der Waals surface area contributed by atoms with Gasteiger partial charge in [0.25, 0.3) is 0 Å². The lowest BCUT2D eigenvalue weighted by Gasteiger charge is -2.32. The normalized spacial score (nSPS) is 21.1. The summed E-state index contributed by atoms with van der Waals surface area (Å²) in [5.41, 5.74) is 7.18. The number of carbonyl (C=O) groups excluding carboxylic acids is 6. The van der Waals surface area contributed by atoms with Crippen LogP contribution in [0.15, 0.2) is 97.1 Å². The molecule has 366 valence electrons. The molecule has 2 aliphatic heterocycles. The Morgan fingerprint density at radius 2 is 0.900 bits per heavy atom. The van der Waals surface area contributed by atoms with Gasteiger partial charge in [0, 0.05) is 24.2 Å². The van der Waals surface area contributed by atoms with E-state index in [4.69, 9.17) is 0 Å². The van der Waals surface area contributed by atoms with Gasteiger partial charge >= 0.3 is 0 Å². The van der Waals surface area contributed by atoms with E-state index in [1.807, 2.05) is 24.3 Å². The van der Waals surface area contributed by atoms with Crippen LogP contribution in [-0.4, -0.2) is 96.6 Å². The average Bonchev–Trinajstić information content (AvgIpc) is 4.10. The number of nitrogens with zero attached hydrogens (tertiary/aromatic N) is 2. The number of benzene rings is 4. The fourth-order valence-corrected chi connectivity index (χ4v) is 10.3. The third-order valence-electron chi connectivity index (χ3n) is 14.6. The van der Waals surface area contributed by atoms with Crippen molar-refractivity contribution >= 4 is 35.4 Å². The number of fused-ring (bicyclic) bond motifs is 2. The minimum atomic E-state index is -1.03. The van der Waals surface area contributed by atoms with E-state index in [0.29, 0.717) is 61.0 Å². The number of hydrogen-bond acceptors (Lipinski definition) is 8. The highest BCUT2D eigenvalue weighted by Gasteiger charge is 2.41. The summed E-state index contributed by atoms with van der Waals surface area (Å²) < 4.78 is 0. The summed E-state index contributed by atoms with van der Waals surface area (Å²) in [5.74, 6) is 4.61. The van der Waals surface area contributed by atoms with Crippen LogP contribution in [0, 0.1) is 11.8 Å². The molecule has 6 N–H and O–H groups in total. The van der Waals surface area contributed by atoms with E-state index in [9.17, 15) is 28.8 Å². The fraction of sp³-hybridized carbons (Fsp3) is 0.429. The molecule has 2 fully saturated rings. The Morgan fingerprint density at radius 1 is 0.514 bits per heavy atom. The number of rotatable bonds is 14. The number of aryl methyl sites for hydroxylation is 2. The van der Waals surface area contributed by atoms with E-state index in [0.717, 1.165) is 49.7 Å². The number of carbonyl (C=O) groups is 6. The summed E-state index contributed by atoms with van der Waals surface area (Å²) in [6, 6.07) is 25.9. The molecule has 0 aromatic heterocycles. The summed E-state index contributed by atoms with van der Waals surface area (Å²) in [5, 5.41) is 18.3. The smallest absolute Gasteiger partial charge is 0.250 e. The Morgan fingerprint density at radius 3 is 1.29 bits per heavy atom. The molecule has 8 atom stereocenters. The molecule has 2 saturated heterocycles. The molecule has 4 aliphatic rings. The van der Waals surface area contributed by atoms with E-state index < -0.39 is 36.3 Å². The first-order valence-electron chi connectivity index (χ1n) is 25.0. The van der Waals surface area contributed by atoms with Crippen molar-refractivity contribution in [1.29, 1.82) is 0 Å². The molecule has 6 amide bonds. The van der Waals surface area contributed by atoms with Gasteiger partial charge in [-0.25, -0.2) is 0 Å². The Bertz CT molecular complexity index is 2450. The topological polar surface area (TPSA) is 181 Å². The van der Waals surface area contributed by atoms with E-state index >= 15 is 0 Å². The summed E-state index contributed by atoms with van der Waals surface area (Å²) in [6.07, 6.45) is 7.97. The molecule has 4 aromatic rings. The number of hydrogen-bond donors (Lipinski definition) is 6. The second-order valence-corrected chi connectivity index (χ2v) is 19.1. The lowest BCUT2D eigenvalue weighted by atomic mass is 9.87. The molecule has 70 heavy (non-hydrogen) atoms. The van der Waals surface area contributed by atoms with Crippen molar-refractivity contribution in [2.45, 2.75) is 126 Å². The maximum absolute atomic E-state index is 14.5. The minimum absolute atomic E-state index is 0.116. The first-order chi connectivity index (χ1) is 33.9. The molecule has 4 unspecified atom stereocenters. The third-order valence-corrected chi connectivity index (χ3v) is 14.6. The zero-order chi connectivity index (χ0) is 49.3. The lowest BCUT2D eigenvalue weighted by molar-refractivity contribution is -0.142. The summed E-state index contributed by atoms with van der Waals surface area (Å²) >= 11 is 0. The quantitative estimate of drug-likeness (QED) is 0.0958. The van der Waals surface area contributed by atoms with Crippen molar-refractivity contribution in [3.05, 3.63) is 142 Å². The van der Waals surface area contributed by atoms with Crippen LogP contribution in [0.2, 0.25) is 0 Å². The Kier molecular flexibility index (Phi) is 16.1. The molecular formula is C56H66N8O6. The first kappa shape index (κ1) is 49.6. The van der Waals surface area contributed by atoms with E-state index in [-0.39, 0.29) is 47.5 Å². The van der Waals surface area contributed by atoms with E-state index in [1.54, 1.807) is 86.3 Å². The van der Waals surface area contributed by atoms with Crippen molar-refractivity contribution in [2.24, 2.45) is 0 Å². The number of nitrogens with one attached hydrogen (secondary N) is 6. The highest BCUT2D eigenvalue weighted by molar-refractivity contribution is 5.95. The standard InChI is InChI=1S/C56H66N8O6/c1-35(57-3)51(65)61-49(55(69)63-33-11-21-47(63)53(67)59-45-19-9-15-39-13-5-7-17-43(39)45)41-29-25-37(26-30-41)23-24-38-27-31-42(32-28-38)50(62-52(66)36(2)58-4)56(70)64-34-12-22-48(64)54(68)60-46-20-10-16-40-14-6-8-18-44(40)46/h5-8,13-14,17-18,25-32,35-36,45-50,57-58H,9-12,15-16,19-22,33-34H2,1-4H3,(H,59,67)(H,60,68)(H,61,65)(H,62,66)/t35-,36-,45?,46?,47-,48-,49?,50?/m0/s1. The molecule has 0 spiro atoms. The average molecular weight is 947 g/mol. The second-order valence-electron chi connectivity index (χ2n) is 19.1. The van der Waals surface area contributed by atoms with Gasteiger partial charge in [0.05, 0.1) is 24.2 Å². The number of amides is 6. The number of likely N-dealkylation sites (N-methyl/N-ethyl adjacent to an activating group) is 2. The predicted octanol–water partition coefficient (Wildman–Crippen LogP) is 4.99. The summed E-state index contributed by atoms with van der Waals surface area (Å²) in [6.45, 7) is 4.24. The molecule has 14 nitrogen and oxygen atoms in total. The van der Waals surface area contributed by atoms with Gasteiger partial charge in [-0.05, 0) is 150 Å². The maximum Gasteiger partial charge on any atom is 0.250 e. The van der Waals surface area contributed by atoms with Gasteiger partial charge < -0.3 is 41.7 Å². The predicted molar refractivity (Wildman–Crippen MR) is 268 cm³/mol. The molecule has 14 heteroatoms. The summed E-state index contributed by atoms with van der Waals surface area (Å²) in [7, 11) is 3.35. The maximum atomic E-state index is 14.5. The zero-order valence-corrected chi connectivity index (χ0v) is 40.7. The van der Waals surface area contributed by atoms with Crippen molar-refractivity contribution in [1.82, 2.24) is 41.7 Å². The highest BCUT2D eigenvalue weighted by Crippen LogP contribution is 2.33. The van der Waals surface area contributed by atoms with Gasteiger partial charge in [0.1, 0.15) is 24.2 Å². The van der Waals surface area contributed by atoms with Gasteiger partial charge in [-0.15, -0.1) is 0 Å². The van der Waals surface area contributed by atoms with Crippen molar-refractivity contribution in [3.63, 3.8) is 0 Å². The van der Waals surface area contributed by atoms with Gasteiger partial charge in [-0.1, -0.05) is 84.6 Å². The van der Waals surface area contributed by atoms with Crippen LogP contribution in [0.1, 0.15) is 134 Å². The number of likely N-dealkylation sites (tertiary alicyclic amines) is 2. The van der Waals surface area contributed by atoms with Gasteiger partial charge in [0.15, 0.2) is 0 Å². The minimum Gasteiger partial charge on any atom is -0.347 e.